The fourth-order valence-electron chi connectivity index (χ4n) is 1.45. The monoisotopic (exact) mass is 244 g/mol. The highest BCUT2D eigenvalue weighted by Crippen LogP contribution is 1.99. The van der Waals surface area contributed by atoms with E-state index in [-0.39, 0.29) is 24.7 Å². The van der Waals surface area contributed by atoms with Crippen LogP contribution in [0.15, 0.2) is 40.5 Å². The Morgan fingerprint density at radius 1 is 1.44 bits per heavy atom. The van der Waals surface area contributed by atoms with Crippen LogP contribution in [0.4, 0.5) is 0 Å². The third kappa shape index (κ3) is 3.51. The third-order valence-electron chi connectivity index (χ3n) is 2.27. The molecule has 0 atom stereocenters. The molecule has 0 fully saturated rings. The Labute approximate surface area is 104 Å². The molecule has 0 saturated carbocycles. The van der Waals surface area contributed by atoms with E-state index in [0.29, 0.717) is 5.71 Å². The van der Waals surface area contributed by atoms with Crippen molar-refractivity contribution in [1.29, 1.82) is 0 Å². The zero-order valence-corrected chi connectivity index (χ0v) is 9.59. The molecule has 2 rings (SSSR count). The summed E-state index contributed by atoms with van der Waals surface area (Å²) in [7, 11) is 0. The van der Waals surface area contributed by atoms with Crippen LogP contribution in [0.3, 0.4) is 0 Å². The van der Waals surface area contributed by atoms with Gasteiger partial charge in [0.1, 0.15) is 0 Å². The molecule has 2 N–H and O–H groups in total. The molecule has 18 heavy (non-hydrogen) atoms. The number of nitrogens with zero attached hydrogens (tertiary/aromatic N) is 2. The summed E-state index contributed by atoms with van der Waals surface area (Å²) in [6.45, 7) is 0. The summed E-state index contributed by atoms with van der Waals surface area (Å²) in [4.78, 5) is 22.3. The Balaban J connectivity index is 1.78. The average molecular weight is 244 g/mol. The summed E-state index contributed by atoms with van der Waals surface area (Å²) >= 11 is 0. The second kappa shape index (κ2) is 5.72. The molecule has 1 aromatic rings. The molecule has 0 saturated heterocycles. The van der Waals surface area contributed by atoms with Crippen LogP contribution in [0, 0.1) is 0 Å². The van der Waals surface area contributed by atoms with E-state index in [2.05, 4.69) is 21.1 Å². The lowest BCUT2D eigenvalue weighted by molar-refractivity contribution is -0.119. The predicted octanol–water partition coefficient (Wildman–Crippen LogP) is 0.403. The van der Waals surface area contributed by atoms with Crippen molar-refractivity contribution in [3.8, 4) is 0 Å². The highest BCUT2D eigenvalue weighted by atomic mass is 16.2. The Bertz CT molecular complexity index is 508. The van der Waals surface area contributed by atoms with Gasteiger partial charge in [0.05, 0.1) is 24.8 Å². The van der Waals surface area contributed by atoms with Crippen molar-refractivity contribution in [3.63, 3.8) is 0 Å². The molecule has 0 spiro atoms. The normalized spacial score (nSPS) is 14.4. The number of nitrogens with one attached hydrogen (secondary N) is 2. The molecule has 0 aliphatic carbocycles. The van der Waals surface area contributed by atoms with Gasteiger partial charge in [-0.2, -0.15) is 10.2 Å². The van der Waals surface area contributed by atoms with Gasteiger partial charge in [0.25, 0.3) is 0 Å². The van der Waals surface area contributed by atoms with Gasteiger partial charge in [-0.25, -0.2) is 10.9 Å². The maximum atomic E-state index is 11.5. The van der Waals surface area contributed by atoms with Gasteiger partial charge >= 0.3 is 0 Å². The summed E-state index contributed by atoms with van der Waals surface area (Å²) in [6, 6.07) is 9.41. The molecule has 0 bridgehead atoms. The molecule has 0 radical (unpaired) electrons. The molecule has 1 aromatic carbocycles. The Kier molecular flexibility index (Phi) is 3.80. The molecule has 1 aliphatic rings. The number of benzene rings is 1. The number of hydrazone groups is 2. The second-order valence-corrected chi connectivity index (χ2v) is 3.77. The van der Waals surface area contributed by atoms with Gasteiger partial charge in [-0.15, -0.1) is 0 Å². The first-order chi connectivity index (χ1) is 8.74. The zero-order chi connectivity index (χ0) is 12.8. The summed E-state index contributed by atoms with van der Waals surface area (Å²) in [5.74, 6) is -0.483. The first kappa shape index (κ1) is 12.0. The Morgan fingerprint density at radius 2 is 2.22 bits per heavy atom. The van der Waals surface area contributed by atoms with E-state index < -0.39 is 0 Å². The van der Waals surface area contributed by atoms with Crippen molar-refractivity contribution >= 4 is 23.7 Å². The van der Waals surface area contributed by atoms with E-state index in [1.54, 1.807) is 6.21 Å². The van der Waals surface area contributed by atoms with Gasteiger partial charge in [0, 0.05) is 0 Å². The van der Waals surface area contributed by atoms with Crippen molar-refractivity contribution in [2.45, 2.75) is 12.8 Å². The maximum absolute atomic E-state index is 11.5. The summed E-state index contributed by atoms with van der Waals surface area (Å²) in [5.41, 5.74) is 6.09. The number of carbonyl (C=O) groups excluding carboxylic acids is 2. The first-order valence-corrected chi connectivity index (χ1v) is 5.45. The van der Waals surface area contributed by atoms with Crippen molar-refractivity contribution in [2.75, 3.05) is 0 Å². The summed E-state index contributed by atoms with van der Waals surface area (Å²) < 4.78 is 0. The van der Waals surface area contributed by atoms with Crippen LogP contribution < -0.4 is 10.9 Å². The fraction of sp³-hybridized carbons (Fsp3) is 0.167. The van der Waals surface area contributed by atoms with Crippen LogP contribution in [0.1, 0.15) is 18.4 Å². The predicted molar refractivity (Wildman–Crippen MR) is 67.0 cm³/mol. The van der Waals surface area contributed by atoms with Crippen LogP contribution >= 0.6 is 0 Å². The molecular formula is C12H12N4O2. The van der Waals surface area contributed by atoms with E-state index in [4.69, 9.17) is 0 Å². The van der Waals surface area contributed by atoms with E-state index >= 15 is 0 Å². The summed E-state index contributed by atoms with van der Waals surface area (Å²) in [5, 5.41) is 7.55. The molecule has 1 aliphatic heterocycles. The van der Waals surface area contributed by atoms with Crippen molar-refractivity contribution in [2.24, 2.45) is 10.2 Å². The number of carbonyl (C=O) groups is 2. The standard InChI is InChI=1S/C12H12N4O2/c17-11(6-10-7-12(18)16-14-10)15-13-8-9-4-2-1-3-5-9/h1-5,8H,6-7H2,(H,15,17)(H,16,18). The average Bonchev–Trinajstić information content (AvgIpc) is 2.76. The van der Waals surface area contributed by atoms with Gasteiger partial charge in [-0.3, -0.25) is 9.59 Å². The Morgan fingerprint density at radius 3 is 2.89 bits per heavy atom. The second-order valence-electron chi connectivity index (χ2n) is 3.77. The molecule has 6 heteroatoms. The van der Waals surface area contributed by atoms with E-state index in [9.17, 15) is 9.59 Å². The Hall–Kier alpha value is -2.50. The molecule has 0 aromatic heterocycles. The highest BCUT2D eigenvalue weighted by molar-refractivity contribution is 6.11. The number of hydrogen-bond acceptors (Lipinski definition) is 4. The highest BCUT2D eigenvalue weighted by Gasteiger charge is 2.16. The molecule has 1 heterocycles. The van der Waals surface area contributed by atoms with Crippen molar-refractivity contribution < 1.29 is 9.59 Å². The van der Waals surface area contributed by atoms with E-state index in [1.807, 2.05) is 30.3 Å². The molecular weight excluding hydrogens is 232 g/mol. The van der Waals surface area contributed by atoms with Gasteiger partial charge in [0.15, 0.2) is 0 Å². The van der Waals surface area contributed by atoms with Crippen molar-refractivity contribution in [3.05, 3.63) is 35.9 Å². The third-order valence-corrected chi connectivity index (χ3v) is 2.27. The van der Waals surface area contributed by atoms with Crippen LogP contribution in [-0.4, -0.2) is 23.7 Å². The van der Waals surface area contributed by atoms with Crippen LogP contribution in [-0.2, 0) is 9.59 Å². The fourth-order valence-corrected chi connectivity index (χ4v) is 1.45. The van der Waals surface area contributed by atoms with Gasteiger partial charge in [-0.05, 0) is 5.56 Å². The van der Waals surface area contributed by atoms with Crippen LogP contribution in [0.5, 0.6) is 0 Å². The summed E-state index contributed by atoms with van der Waals surface area (Å²) in [6.07, 6.45) is 1.80. The molecule has 0 unspecified atom stereocenters. The smallest absolute Gasteiger partial charge is 0.245 e. The quantitative estimate of drug-likeness (QED) is 0.593. The minimum Gasteiger partial charge on any atom is -0.273 e. The van der Waals surface area contributed by atoms with Gasteiger partial charge < -0.3 is 0 Å². The van der Waals surface area contributed by atoms with E-state index in [1.165, 1.54) is 0 Å². The van der Waals surface area contributed by atoms with Gasteiger partial charge in [0.2, 0.25) is 11.8 Å². The topological polar surface area (TPSA) is 82.9 Å². The number of amides is 2. The van der Waals surface area contributed by atoms with E-state index in [0.717, 1.165) is 5.56 Å². The lowest BCUT2D eigenvalue weighted by atomic mass is 10.2. The first-order valence-electron chi connectivity index (χ1n) is 5.45. The number of hydrogen-bond donors (Lipinski definition) is 2. The zero-order valence-electron chi connectivity index (χ0n) is 9.59. The number of rotatable bonds is 4. The minimum absolute atomic E-state index is 0.0743. The molecule has 92 valence electrons. The molecule has 2 amide bonds. The van der Waals surface area contributed by atoms with Crippen LogP contribution in [0.2, 0.25) is 0 Å². The maximum Gasteiger partial charge on any atom is 0.245 e. The molecule has 6 nitrogen and oxygen atoms in total. The van der Waals surface area contributed by atoms with Crippen LogP contribution in [0.25, 0.3) is 0 Å². The lowest BCUT2D eigenvalue weighted by Gasteiger charge is -1.97. The van der Waals surface area contributed by atoms with Gasteiger partial charge in [-0.1, -0.05) is 30.3 Å². The van der Waals surface area contributed by atoms with Crippen molar-refractivity contribution in [1.82, 2.24) is 10.9 Å². The lowest BCUT2D eigenvalue weighted by Crippen LogP contribution is -2.20. The SMILES string of the molecule is O=C(CC1=NNC(=O)C1)NN=Cc1ccccc1. The minimum atomic E-state index is -0.294. The largest absolute Gasteiger partial charge is 0.273 e.